The summed E-state index contributed by atoms with van der Waals surface area (Å²) in [6.45, 7) is 4.39. The number of nitrogens with zero attached hydrogens (tertiary/aromatic N) is 3. The molecule has 1 fully saturated rings. The van der Waals surface area contributed by atoms with Crippen LogP contribution in [0.4, 0.5) is 5.69 Å². The second-order valence-corrected chi connectivity index (χ2v) is 9.72. The van der Waals surface area contributed by atoms with Gasteiger partial charge in [-0.1, -0.05) is 11.6 Å². The number of amides is 1. The van der Waals surface area contributed by atoms with E-state index in [0.29, 0.717) is 24.1 Å². The van der Waals surface area contributed by atoms with Gasteiger partial charge in [-0.25, -0.2) is 9.97 Å². The fraction of sp³-hybridized carbons (Fsp3) is 0.476. The first kappa shape index (κ1) is 22.0. The predicted octanol–water partition coefficient (Wildman–Crippen LogP) is 2.61. The van der Waals surface area contributed by atoms with Crippen LogP contribution in [0, 0.1) is 5.92 Å². The number of aromatic nitrogens is 3. The SMILES string of the molecule is CCNC(=O)C1CC(n2cnc3c(NC(C)Cc4ccc(Cl)s4)ccnc32)C(O)C1O. The lowest BCUT2D eigenvalue weighted by Gasteiger charge is -2.18. The van der Waals surface area contributed by atoms with Crippen molar-refractivity contribution in [1.29, 1.82) is 0 Å². The highest BCUT2D eigenvalue weighted by atomic mass is 35.5. The van der Waals surface area contributed by atoms with E-state index in [2.05, 4.69) is 27.5 Å². The first-order valence-electron chi connectivity index (χ1n) is 10.3. The predicted molar refractivity (Wildman–Crippen MR) is 121 cm³/mol. The van der Waals surface area contributed by atoms with E-state index in [1.54, 1.807) is 28.4 Å². The molecule has 10 heteroatoms. The Kier molecular flexibility index (Phi) is 6.47. The van der Waals surface area contributed by atoms with Gasteiger partial charge < -0.3 is 25.4 Å². The number of nitrogens with one attached hydrogen (secondary N) is 2. The van der Waals surface area contributed by atoms with Gasteiger partial charge in [0.1, 0.15) is 11.6 Å². The molecule has 166 valence electrons. The molecule has 4 N–H and O–H groups in total. The van der Waals surface area contributed by atoms with Crippen molar-refractivity contribution in [2.75, 3.05) is 11.9 Å². The highest BCUT2D eigenvalue weighted by molar-refractivity contribution is 7.16. The molecule has 4 rings (SSSR count). The zero-order valence-electron chi connectivity index (χ0n) is 17.3. The van der Waals surface area contributed by atoms with E-state index in [4.69, 9.17) is 11.6 Å². The summed E-state index contributed by atoms with van der Waals surface area (Å²) < 4.78 is 2.53. The van der Waals surface area contributed by atoms with Crippen molar-refractivity contribution in [2.45, 2.75) is 51.0 Å². The standard InChI is InChI=1S/C21H26ClN5O3S/c1-3-23-21(30)13-9-15(19(29)18(13)28)27-10-25-17-14(6-7-24-20(17)27)26-11(2)8-12-4-5-16(22)31-12/h4-7,10-11,13,15,18-19,28-29H,3,8-9H2,1-2H3,(H,23,30)(H,24,26). The molecule has 8 nitrogen and oxygen atoms in total. The fourth-order valence-electron chi connectivity index (χ4n) is 4.22. The van der Waals surface area contributed by atoms with Crippen LogP contribution in [0.25, 0.3) is 11.2 Å². The van der Waals surface area contributed by atoms with E-state index in [9.17, 15) is 15.0 Å². The van der Waals surface area contributed by atoms with Gasteiger partial charge in [0.2, 0.25) is 5.91 Å². The second kappa shape index (κ2) is 9.12. The molecule has 0 radical (unpaired) electrons. The minimum absolute atomic E-state index is 0.145. The van der Waals surface area contributed by atoms with E-state index < -0.39 is 24.2 Å². The zero-order valence-corrected chi connectivity index (χ0v) is 18.9. The van der Waals surface area contributed by atoms with Gasteiger partial charge in [-0.2, -0.15) is 0 Å². The van der Waals surface area contributed by atoms with Crippen LogP contribution in [0.1, 0.15) is 31.2 Å². The van der Waals surface area contributed by atoms with Gasteiger partial charge in [0, 0.05) is 30.1 Å². The molecular formula is C21H26ClN5O3S. The molecule has 1 aliphatic carbocycles. The van der Waals surface area contributed by atoms with Crippen molar-refractivity contribution in [3.8, 4) is 0 Å². The number of carbonyl (C=O) groups excluding carboxylic acids is 1. The lowest BCUT2D eigenvalue weighted by molar-refractivity contribution is -0.128. The first-order valence-corrected chi connectivity index (χ1v) is 11.5. The number of hydrogen-bond donors (Lipinski definition) is 4. The Bertz CT molecular complexity index is 1070. The van der Waals surface area contributed by atoms with Gasteiger partial charge >= 0.3 is 0 Å². The number of hydrogen-bond acceptors (Lipinski definition) is 7. The molecule has 0 aromatic carbocycles. The summed E-state index contributed by atoms with van der Waals surface area (Å²) in [6.07, 6.45) is 2.24. The van der Waals surface area contributed by atoms with Gasteiger partial charge in [0.15, 0.2) is 5.65 Å². The van der Waals surface area contributed by atoms with E-state index >= 15 is 0 Å². The molecule has 0 spiro atoms. The topological polar surface area (TPSA) is 112 Å². The molecule has 0 bridgehead atoms. The van der Waals surface area contributed by atoms with Crippen molar-refractivity contribution in [3.05, 3.63) is 39.9 Å². The lowest BCUT2D eigenvalue weighted by atomic mass is 10.0. The molecule has 3 heterocycles. The van der Waals surface area contributed by atoms with Crippen molar-refractivity contribution in [2.24, 2.45) is 5.92 Å². The number of aliphatic hydroxyl groups excluding tert-OH is 2. The van der Waals surface area contributed by atoms with Crippen LogP contribution >= 0.6 is 22.9 Å². The molecule has 31 heavy (non-hydrogen) atoms. The van der Waals surface area contributed by atoms with Crippen LogP contribution < -0.4 is 10.6 Å². The third-order valence-electron chi connectivity index (χ3n) is 5.70. The lowest BCUT2D eigenvalue weighted by Crippen LogP contribution is -2.38. The zero-order chi connectivity index (χ0) is 22.1. The van der Waals surface area contributed by atoms with Gasteiger partial charge in [-0.05, 0) is 38.5 Å². The summed E-state index contributed by atoms with van der Waals surface area (Å²) in [7, 11) is 0. The van der Waals surface area contributed by atoms with Gasteiger partial charge in [0.05, 0.1) is 34.4 Å². The number of imidazole rings is 1. The average molecular weight is 464 g/mol. The molecule has 1 saturated carbocycles. The minimum Gasteiger partial charge on any atom is -0.390 e. The molecule has 5 unspecified atom stereocenters. The Balaban J connectivity index is 1.55. The van der Waals surface area contributed by atoms with Crippen molar-refractivity contribution >= 4 is 45.7 Å². The average Bonchev–Trinajstić information content (AvgIpc) is 3.41. The summed E-state index contributed by atoms with van der Waals surface area (Å²) in [5.74, 6) is -0.921. The van der Waals surface area contributed by atoms with Gasteiger partial charge in [-0.15, -0.1) is 11.3 Å². The molecule has 0 saturated heterocycles. The molecule has 1 aliphatic rings. The number of aliphatic hydroxyl groups is 2. The molecule has 0 aliphatic heterocycles. The Labute approximate surface area is 189 Å². The third kappa shape index (κ3) is 4.41. The number of thiophene rings is 1. The van der Waals surface area contributed by atoms with Crippen LogP contribution in [0.2, 0.25) is 4.34 Å². The van der Waals surface area contributed by atoms with Crippen molar-refractivity contribution in [1.82, 2.24) is 19.9 Å². The summed E-state index contributed by atoms with van der Waals surface area (Å²) in [5, 5.41) is 27.3. The maximum atomic E-state index is 12.3. The smallest absolute Gasteiger partial charge is 0.225 e. The Morgan fingerprint density at radius 1 is 1.32 bits per heavy atom. The number of halogens is 1. The molecular weight excluding hydrogens is 438 g/mol. The normalized spacial score (nSPS) is 24.4. The third-order valence-corrected chi connectivity index (χ3v) is 6.95. The van der Waals surface area contributed by atoms with E-state index in [1.165, 1.54) is 4.88 Å². The van der Waals surface area contributed by atoms with E-state index in [1.807, 2.05) is 25.1 Å². The fourth-order valence-corrected chi connectivity index (χ4v) is 5.44. The minimum atomic E-state index is -1.13. The second-order valence-electron chi connectivity index (χ2n) is 7.92. The number of pyridine rings is 1. The molecule has 5 atom stereocenters. The van der Waals surface area contributed by atoms with E-state index in [0.717, 1.165) is 16.4 Å². The van der Waals surface area contributed by atoms with E-state index in [-0.39, 0.29) is 11.9 Å². The largest absolute Gasteiger partial charge is 0.390 e. The molecule has 1 amide bonds. The number of carbonyl (C=O) groups is 1. The van der Waals surface area contributed by atoms with Crippen LogP contribution in [0.15, 0.2) is 30.7 Å². The summed E-state index contributed by atoms with van der Waals surface area (Å²) in [4.78, 5) is 22.4. The van der Waals surface area contributed by atoms with Crippen molar-refractivity contribution in [3.63, 3.8) is 0 Å². The Hall–Kier alpha value is -2.20. The number of rotatable bonds is 7. The van der Waals surface area contributed by atoms with Gasteiger partial charge in [0.25, 0.3) is 0 Å². The maximum Gasteiger partial charge on any atom is 0.225 e. The van der Waals surface area contributed by atoms with Crippen LogP contribution in [-0.2, 0) is 11.2 Å². The Morgan fingerprint density at radius 3 is 2.84 bits per heavy atom. The quantitative estimate of drug-likeness (QED) is 0.428. The van der Waals surface area contributed by atoms with Gasteiger partial charge in [-0.3, -0.25) is 4.79 Å². The number of anilines is 1. The number of fused-ring (bicyclic) bond motifs is 1. The highest BCUT2D eigenvalue weighted by Crippen LogP contribution is 2.37. The summed E-state index contributed by atoms with van der Waals surface area (Å²) in [5.41, 5.74) is 2.12. The highest BCUT2D eigenvalue weighted by Gasteiger charge is 2.46. The van der Waals surface area contributed by atoms with Crippen molar-refractivity contribution < 1.29 is 15.0 Å². The molecule has 3 aromatic rings. The maximum absolute atomic E-state index is 12.3. The first-order chi connectivity index (χ1) is 14.9. The van der Waals surface area contributed by atoms with Crippen LogP contribution in [0.5, 0.6) is 0 Å². The molecule has 3 aromatic heterocycles. The summed E-state index contributed by atoms with van der Waals surface area (Å²) in [6, 6.07) is 5.46. The summed E-state index contributed by atoms with van der Waals surface area (Å²) >= 11 is 7.60. The van der Waals surface area contributed by atoms with Crippen LogP contribution in [0.3, 0.4) is 0 Å². The van der Waals surface area contributed by atoms with Crippen LogP contribution in [-0.4, -0.2) is 55.4 Å². The monoisotopic (exact) mass is 463 g/mol. The Morgan fingerprint density at radius 2 is 2.13 bits per heavy atom.